The van der Waals surface area contributed by atoms with Gasteiger partial charge in [-0.3, -0.25) is 4.79 Å². The summed E-state index contributed by atoms with van der Waals surface area (Å²) in [6, 6.07) is 3.41. The lowest BCUT2D eigenvalue weighted by atomic mass is 10.4. The molecule has 0 saturated carbocycles. The first kappa shape index (κ1) is 15.0. The fraction of sp³-hybridized carbons (Fsp3) is 0.273. The summed E-state index contributed by atoms with van der Waals surface area (Å²) in [6.07, 6.45) is 1.57. The first-order valence-corrected chi connectivity index (χ1v) is 7.97. The van der Waals surface area contributed by atoms with Crippen LogP contribution in [0.1, 0.15) is 6.92 Å². The van der Waals surface area contributed by atoms with E-state index in [-0.39, 0.29) is 16.8 Å². The Bertz CT molecular complexity index is 592. The quantitative estimate of drug-likeness (QED) is 0.626. The minimum atomic E-state index is -0.162. The molecule has 0 aliphatic rings. The highest BCUT2D eigenvalue weighted by Crippen LogP contribution is 2.25. The molecule has 0 spiro atoms. The lowest BCUT2D eigenvalue weighted by Gasteiger charge is -2.04. The second-order valence-corrected chi connectivity index (χ2v) is 6.14. The van der Waals surface area contributed by atoms with Crippen molar-refractivity contribution in [2.45, 2.75) is 11.3 Å². The molecule has 0 saturated heterocycles. The Kier molecular flexibility index (Phi) is 5.57. The van der Waals surface area contributed by atoms with Gasteiger partial charge in [-0.2, -0.15) is 0 Å². The van der Waals surface area contributed by atoms with Gasteiger partial charge < -0.3 is 10.6 Å². The average molecular weight is 330 g/mol. The van der Waals surface area contributed by atoms with Crippen LogP contribution in [0.3, 0.4) is 0 Å². The molecule has 2 N–H and O–H groups in total. The number of hydrogen-bond donors (Lipinski definition) is 2. The van der Waals surface area contributed by atoms with Crippen LogP contribution in [-0.2, 0) is 4.79 Å². The molecule has 2 rings (SSSR count). The maximum Gasteiger partial charge on any atom is 0.234 e. The summed E-state index contributed by atoms with van der Waals surface area (Å²) in [7, 11) is 0. The third kappa shape index (κ3) is 4.32. The number of pyridine rings is 1. The van der Waals surface area contributed by atoms with E-state index < -0.39 is 0 Å². The van der Waals surface area contributed by atoms with Crippen molar-refractivity contribution in [3.8, 4) is 0 Å². The number of aromatic nitrogens is 3. The molecule has 0 bridgehead atoms. The van der Waals surface area contributed by atoms with Crippen molar-refractivity contribution in [1.82, 2.24) is 15.2 Å². The van der Waals surface area contributed by atoms with E-state index in [9.17, 15) is 4.79 Å². The van der Waals surface area contributed by atoms with E-state index in [1.165, 1.54) is 23.1 Å². The smallest absolute Gasteiger partial charge is 0.234 e. The highest BCUT2D eigenvalue weighted by atomic mass is 35.5. The van der Waals surface area contributed by atoms with E-state index in [0.717, 1.165) is 16.0 Å². The molecule has 106 valence electrons. The molecular weight excluding hydrogens is 318 g/mol. The SMILES string of the molecule is CCNc1nnc(SCC(=O)Nc2cccnc2Cl)s1. The van der Waals surface area contributed by atoms with Crippen LogP contribution in [0.5, 0.6) is 0 Å². The van der Waals surface area contributed by atoms with Gasteiger partial charge in [0.25, 0.3) is 0 Å². The third-order valence-corrected chi connectivity index (χ3v) is 4.41. The third-order valence-electron chi connectivity index (χ3n) is 2.09. The van der Waals surface area contributed by atoms with Crippen molar-refractivity contribution < 1.29 is 4.79 Å². The number of rotatable bonds is 6. The fourth-order valence-electron chi connectivity index (χ4n) is 1.28. The number of halogens is 1. The average Bonchev–Trinajstić information content (AvgIpc) is 2.87. The van der Waals surface area contributed by atoms with Gasteiger partial charge in [0.1, 0.15) is 0 Å². The highest BCUT2D eigenvalue weighted by Gasteiger charge is 2.09. The predicted molar refractivity (Wildman–Crippen MR) is 82.7 cm³/mol. The normalized spacial score (nSPS) is 10.3. The molecule has 0 radical (unpaired) electrons. The maximum atomic E-state index is 11.8. The number of anilines is 2. The van der Waals surface area contributed by atoms with Crippen LogP contribution in [0.2, 0.25) is 5.15 Å². The van der Waals surface area contributed by atoms with Crippen molar-refractivity contribution in [2.75, 3.05) is 22.9 Å². The molecule has 2 heterocycles. The summed E-state index contributed by atoms with van der Waals surface area (Å²) in [5, 5.41) is 14.7. The summed E-state index contributed by atoms with van der Waals surface area (Å²) < 4.78 is 0.744. The fourth-order valence-corrected chi connectivity index (χ4v) is 3.07. The first-order chi connectivity index (χ1) is 9.69. The Morgan fingerprint density at radius 3 is 3.10 bits per heavy atom. The van der Waals surface area contributed by atoms with Crippen LogP contribution in [0.4, 0.5) is 10.8 Å². The van der Waals surface area contributed by atoms with E-state index >= 15 is 0 Å². The van der Waals surface area contributed by atoms with Gasteiger partial charge in [-0.25, -0.2) is 4.98 Å². The second-order valence-electron chi connectivity index (χ2n) is 3.58. The van der Waals surface area contributed by atoms with Crippen molar-refractivity contribution in [3.63, 3.8) is 0 Å². The van der Waals surface area contributed by atoms with Crippen molar-refractivity contribution in [1.29, 1.82) is 0 Å². The minimum Gasteiger partial charge on any atom is -0.360 e. The van der Waals surface area contributed by atoms with Crippen LogP contribution in [0, 0.1) is 0 Å². The minimum absolute atomic E-state index is 0.162. The Balaban J connectivity index is 1.84. The predicted octanol–water partition coefficient (Wildman–Crippen LogP) is 2.75. The molecule has 2 aromatic rings. The van der Waals surface area contributed by atoms with Gasteiger partial charge in [-0.15, -0.1) is 10.2 Å². The van der Waals surface area contributed by atoms with E-state index in [4.69, 9.17) is 11.6 Å². The van der Waals surface area contributed by atoms with Gasteiger partial charge >= 0.3 is 0 Å². The Morgan fingerprint density at radius 1 is 1.50 bits per heavy atom. The topological polar surface area (TPSA) is 79.8 Å². The number of hydrogen-bond acceptors (Lipinski definition) is 7. The van der Waals surface area contributed by atoms with Gasteiger partial charge in [0.2, 0.25) is 11.0 Å². The van der Waals surface area contributed by atoms with Gasteiger partial charge in [0, 0.05) is 12.7 Å². The molecule has 20 heavy (non-hydrogen) atoms. The lowest BCUT2D eigenvalue weighted by molar-refractivity contribution is -0.113. The van der Waals surface area contributed by atoms with Crippen LogP contribution in [-0.4, -0.2) is 33.4 Å². The molecule has 0 aliphatic carbocycles. The Morgan fingerprint density at radius 2 is 2.35 bits per heavy atom. The van der Waals surface area contributed by atoms with Crippen LogP contribution in [0.25, 0.3) is 0 Å². The molecule has 1 amide bonds. The number of carbonyl (C=O) groups excluding carboxylic acids is 1. The van der Waals surface area contributed by atoms with Gasteiger partial charge in [0.05, 0.1) is 11.4 Å². The standard InChI is InChI=1S/C11H12ClN5OS2/c1-2-13-10-16-17-11(20-10)19-6-8(18)15-7-4-3-5-14-9(7)12/h3-5H,2,6H2,1H3,(H,13,16)(H,15,18). The maximum absolute atomic E-state index is 11.8. The summed E-state index contributed by atoms with van der Waals surface area (Å²) in [5.74, 6) is 0.0801. The lowest BCUT2D eigenvalue weighted by Crippen LogP contribution is -2.14. The van der Waals surface area contributed by atoms with Crippen LogP contribution in [0.15, 0.2) is 22.7 Å². The van der Waals surface area contributed by atoms with Crippen molar-refractivity contribution >= 4 is 51.4 Å². The number of nitrogens with zero attached hydrogens (tertiary/aromatic N) is 3. The number of amides is 1. The summed E-state index contributed by atoms with van der Waals surface area (Å²) in [6.45, 7) is 2.78. The Hall–Kier alpha value is -1.38. The number of nitrogens with one attached hydrogen (secondary N) is 2. The van der Waals surface area contributed by atoms with Crippen LogP contribution < -0.4 is 10.6 Å². The van der Waals surface area contributed by atoms with Crippen molar-refractivity contribution in [2.24, 2.45) is 0 Å². The monoisotopic (exact) mass is 329 g/mol. The zero-order chi connectivity index (χ0) is 14.4. The van der Waals surface area contributed by atoms with Crippen molar-refractivity contribution in [3.05, 3.63) is 23.5 Å². The first-order valence-electron chi connectivity index (χ1n) is 5.79. The molecular formula is C11H12ClN5OS2. The molecule has 0 unspecified atom stereocenters. The summed E-state index contributed by atoms with van der Waals surface area (Å²) in [4.78, 5) is 15.7. The molecule has 0 fully saturated rings. The molecule has 6 nitrogen and oxygen atoms in total. The molecule has 0 atom stereocenters. The summed E-state index contributed by atoms with van der Waals surface area (Å²) in [5.41, 5.74) is 0.505. The zero-order valence-electron chi connectivity index (χ0n) is 10.6. The highest BCUT2D eigenvalue weighted by molar-refractivity contribution is 8.01. The Labute approximate surface area is 129 Å². The van der Waals surface area contributed by atoms with E-state index in [0.29, 0.717) is 5.69 Å². The van der Waals surface area contributed by atoms with E-state index in [2.05, 4.69) is 25.8 Å². The van der Waals surface area contributed by atoms with Gasteiger partial charge in [-0.1, -0.05) is 34.7 Å². The second kappa shape index (κ2) is 7.41. The molecule has 0 aliphatic heterocycles. The largest absolute Gasteiger partial charge is 0.360 e. The molecule has 9 heteroatoms. The zero-order valence-corrected chi connectivity index (χ0v) is 13.0. The number of carbonyl (C=O) groups is 1. The molecule has 2 aromatic heterocycles. The van der Waals surface area contributed by atoms with Gasteiger partial charge in [0.15, 0.2) is 9.49 Å². The van der Waals surface area contributed by atoms with Gasteiger partial charge in [-0.05, 0) is 19.1 Å². The number of thioether (sulfide) groups is 1. The van der Waals surface area contributed by atoms with Crippen LogP contribution >= 0.6 is 34.7 Å². The molecule has 0 aromatic carbocycles. The van der Waals surface area contributed by atoms with E-state index in [1.54, 1.807) is 18.3 Å². The summed E-state index contributed by atoms with van der Waals surface area (Å²) >= 11 is 8.61. The van der Waals surface area contributed by atoms with E-state index in [1.807, 2.05) is 6.92 Å².